The van der Waals surface area contributed by atoms with Gasteiger partial charge in [-0.05, 0) is 13.8 Å². The first-order valence-corrected chi connectivity index (χ1v) is 10.3. The summed E-state index contributed by atoms with van der Waals surface area (Å²) in [6.07, 6.45) is 0. The summed E-state index contributed by atoms with van der Waals surface area (Å²) in [5, 5.41) is 0.594. The molecule has 1 aliphatic rings. The molecule has 2 aromatic heterocycles. The van der Waals surface area contributed by atoms with E-state index in [9.17, 15) is 14.4 Å². The summed E-state index contributed by atoms with van der Waals surface area (Å²) >= 11 is 1.33. The Balaban J connectivity index is 1.82. The van der Waals surface area contributed by atoms with Gasteiger partial charge in [0.2, 0.25) is 5.91 Å². The molecular weight excluding hydrogens is 368 g/mol. The van der Waals surface area contributed by atoms with Crippen LogP contribution in [0.5, 0.6) is 0 Å². The van der Waals surface area contributed by atoms with Gasteiger partial charge in [0, 0.05) is 20.6 Å². The predicted molar refractivity (Wildman–Crippen MR) is 104 cm³/mol. The third-order valence-corrected chi connectivity index (χ3v) is 6.24. The monoisotopic (exact) mass is 395 g/mol. The van der Waals surface area contributed by atoms with Crippen molar-refractivity contribution in [1.29, 1.82) is 0 Å². The number of aryl methyl sites for hydroxylation is 2. The van der Waals surface area contributed by atoms with Crippen molar-refractivity contribution in [3.63, 3.8) is 0 Å². The second-order valence-electron chi connectivity index (χ2n) is 6.79. The normalized spacial score (nSPS) is 15.6. The number of thioether (sulfide) groups is 1. The molecule has 1 saturated heterocycles. The number of carbonyl (C=O) groups is 1. The van der Waals surface area contributed by atoms with Crippen LogP contribution in [0.1, 0.15) is 13.8 Å². The standard InChI is InChI=1S/C17H26N6O3S/c1-5-21-7-9-22(10-8-21)12(24)11-27-16-18-14-13(23(16)6-2)15(25)20(4)17(26)19(14)3/h5-11H2,1-4H3/p+1. The predicted octanol–water partition coefficient (Wildman–Crippen LogP) is -1.71. The summed E-state index contributed by atoms with van der Waals surface area (Å²) in [4.78, 5) is 45.2. The van der Waals surface area contributed by atoms with Crippen LogP contribution in [0.4, 0.5) is 0 Å². The summed E-state index contributed by atoms with van der Waals surface area (Å²) in [5.41, 5.74) is -0.00580. The van der Waals surface area contributed by atoms with Crippen molar-refractivity contribution in [2.45, 2.75) is 25.5 Å². The van der Waals surface area contributed by atoms with Gasteiger partial charge in [0.05, 0.1) is 38.5 Å². The van der Waals surface area contributed by atoms with Crippen molar-refractivity contribution in [3.8, 4) is 0 Å². The molecule has 9 nitrogen and oxygen atoms in total. The number of quaternary nitrogens is 1. The fourth-order valence-electron chi connectivity index (χ4n) is 3.47. The molecule has 0 aromatic carbocycles. The molecule has 0 saturated carbocycles. The summed E-state index contributed by atoms with van der Waals surface area (Å²) in [6, 6.07) is 0. The maximum atomic E-state index is 12.6. The Labute approximate surface area is 161 Å². The first-order chi connectivity index (χ1) is 12.9. The fraction of sp³-hybridized carbons (Fsp3) is 0.647. The molecule has 1 amide bonds. The molecule has 1 N–H and O–H groups in total. The van der Waals surface area contributed by atoms with E-state index in [0.717, 1.165) is 37.3 Å². The molecule has 0 atom stereocenters. The van der Waals surface area contributed by atoms with Crippen molar-refractivity contribution >= 4 is 28.8 Å². The van der Waals surface area contributed by atoms with E-state index in [1.807, 2.05) is 11.8 Å². The van der Waals surface area contributed by atoms with E-state index in [1.165, 1.54) is 28.3 Å². The highest BCUT2D eigenvalue weighted by Crippen LogP contribution is 2.21. The number of imidazole rings is 1. The number of fused-ring (bicyclic) bond motifs is 1. The van der Waals surface area contributed by atoms with Gasteiger partial charge in [-0.3, -0.25) is 18.7 Å². The largest absolute Gasteiger partial charge is 0.332 e. The molecule has 0 radical (unpaired) electrons. The summed E-state index contributed by atoms with van der Waals surface area (Å²) < 4.78 is 4.25. The first kappa shape index (κ1) is 19.7. The molecule has 0 aliphatic carbocycles. The van der Waals surface area contributed by atoms with Crippen LogP contribution >= 0.6 is 11.8 Å². The van der Waals surface area contributed by atoms with Crippen molar-refractivity contribution < 1.29 is 9.69 Å². The van der Waals surface area contributed by atoms with Crippen molar-refractivity contribution in [3.05, 3.63) is 20.8 Å². The zero-order valence-corrected chi connectivity index (χ0v) is 17.1. The van der Waals surface area contributed by atoms with E-state index in [4.69, 9.17) is 0 Å². The van der Waals surface area contributed by atoms with Crippen LogP contribution < -0.4 is 16.1 Å². The number of nitrogens with zero attached hydrogens (tertiary/aromatic N) is 5. The highest BCUT2D eigenvalue weighted by atomic mass is 32.2. The maximum Gasteiger partial charge on any atom is 0.332 e. The molecule has 3 rings (SSSR count). The first-order valence-electron chi connectivity index (χ1n) is 9.29. The lowest BCUT2D eigenvalue weighted by Crippen LogP contribution is -3.14. The molecule has 2 aromatic rings. The van der Waals surface area contributed by atoms with E-state index in [-0.39, 0.29) is 17.2 Å². The number of rotatable bonds is 5. The average molecular weight is 396 g/mol. The molecule has 3 heterocycles. The zero-order chi connectivity index (χ0) is 19.7. The second kappa shape index (κ2) is 7.89. The SMILES string of the molecule is CCn1c(SCC(=O)N2CC[NH+](CC)CC2)nc2c1c(=O)n(C)c(=O)n2C. The van der Waals surface area contributed by atoms with Gasteiger partial charge in [0.1, 0.15) is 0 Å². The Bertz CT molecular complexity index is 968. The minimum absolute atomic E-state index is 0.0895. The lowest BCUT2D eigenvalue weighted by atomic mass is 10.3. The molecule has 1 aliphatic heterocycles. The Morgan fingerprint density at radius 2 is 1.81 bits per heavy atom. The molecule has 148 valence electrons. The van der Waals surface area contributed by atoms with Gasteiger partial charge in [0.25, 0.3) is 5.56 Å². The zero-order valence-electron chi connectivity index (χ0n) is 16.3. The lowest BCUT2D eigenvalue weighted by Gasteiger charge is -2.31. The minimum atomic E-state index is -0.405. The van der Waals surface area contributed by atoms with Crippen LogP contribution in [0.3, 0.4) is 0 Å². The lowest BCUT2D eigenvalue weighted by molar-refractivity contribution is -0.902. The highest BCUT2D eigenvalue weighted by molar-refractivity contribution is 7.99. The Morgan fingerprint density at radius 3 is 2.41 bits per heavy atom. The third kappa shape index (κ3) is 3.55. The van der Waals surface area contributed by atoms with Gasteiger partial charge in [0.15, 0.2) is 16.3 Å². The smallest absolute Gasteiger partial charge is 0.332 e. The number of aromatic nitrogens is 4. The molecule has 0 bridgehead atoms. The third-order valence-electron chi connectivity index (χ3n) is 5.28. The van der Waals surface area contributed by atoms with Crippen molar-refractivity contribution in [1.82, 2.24) is 23.6 Å². The highest BCUT2D eigenvalue weighted by Gasteiger charge is 2.24. The number of hydrogen-bond donors (Lipinski definition) is 1. The quantitative estimate of drug-likeness (QED) is 0.610. The number of likely N-dealkylation sites (N-methyl/N-ethyl adjacent to an activating group) is 1. The van der Waals surface area contributed by atoms with Crippen LogP contribution in [-0.4, -0.2) is 68.0 Å². The van der Waals surface area contributed by atoms with Crippen LogP contribution in [0.2, 0.25) is 0 Å². The van der Waals surface area contributed by atoms with Crippen LogP contribution in [-0.2, 0) is 25.4 Å². The van der Waals surface area contributed by atoms with E-state index >= 15 is 0 Å². The van der Waals surface area contributed by atoms with Gasteiger partial charge in [-0.25, -0.2) is 9.78 Å². The summed E-state index contributed by atoms with van der Waals surface area (Å²) in [6.45, 7) is 9.24. The molecule has 0 unspecified atom stereocenters. The van der Waals surface area contributed by atoms with Gasteiger partial charge in [-0.1, -0.05) is 11.8 Å². The Morgan fingerprint density at radius 1 is 1.15 bits per heavy atom. The Kier molecular flexibility index (Phi) is 5.75. The summed E-state index contributed by atoms with van der Waals surface area (Å²) in [5.74, 6) is 0.366. The van der Waals surface area contributed by atoms with Crippen molar-refractivity contribution in [2.24, 2.45) is 14.1 Å². The number of amides is 1. The molecule has 10 heteroatoms. The molecular formula is C17H27N6O3S+. The van der Waals surface area contributed by atoms with Crippen molar-refractivity contribution in [2.75, 3.05) is 38.5 Å². The van der Waals surface area contributed by atoms with Crippen LogP contribution in [0, 0.1) is 0 Å². The minimum Gasteiger partial charge on any atom is -0.332 e. The number of nitrogens with one attached hydrogen (secondary N) is 1. The van der Waals surface area contributed by atoms with Gasteiger partial charge in [-0.15, -0.1) is 0 Å². The summed E-state index contributed by atoms with van der Waals surface area (Å²) in [7, 11) is 3.07. The average Bonchev–Trinajstić information content (AvgIpc) is 3.07. The van der Waals surface area contributed by atoms with E-state index in [2.05, 4.69) is 11.9 Å². The topological polar surface area (TPSA) is 86.6 Å². The number of carbonyl (C=O) groups excluding carboxylic acids is 1. The van der Waals surface area contributed by atoms with Crippen LogP contribution in [0.25, 0.3) is 11.2 Å². The van der Waals surface area contributed by atoms with Gasteiger partial charge >= 0.3 is 5.69 Å². The molecule has 1 fully saturated rings. The number of hydrogen-bond acceptors (Lipinski definition) is 5. The molecule has 27 heavy (non-hydrogen) atoms. The van der Waals surface area contributed by atoms with Gasteiger partial charge < -0.3 is 14.4 Å². The van der Waals surface area contributed by atoms with E-state index < -0.39 is 5.69 Å². The van der Waals surface area contributed by atoms with Crippen LogP contribution in [0.15, 0.2) is 14.7 Å². The Hall–Kier alpha value is -2.07. The van der Waals surface area contributed by atoms with Gasteiger partial charge in [-0.2, -0.15) is 0 Å². The number of piperazine rings is 1. The second-order valence-corrected chi connectivity index (χ2v) is 7.73. The van der Waals surface area contributed by atoms with E-state index in [0.29, 0.717) is 22.9 Å². The molecule has 0 spiro atoms. The van der Waals surface area contributed by atoms with E-state index in [1.54, 1.807) is 11.6 Å². The fourth-order valence-corrected chi connectivity index (χ4v) is 4.44. The maximum absolute atomic E-state index is 12.6.